The number of ether oxygens (including phenoxy) is 1. The van der Waals surface area contributed by atoms with Crippen LogP contribution in [-0.2, 0) is 0 Å². The molecule has 27 heavy (non-hydrogen) atoms. The number of rotatable bonds is 5. The van der Waals surface area contributed by atoms with Crippen molar-refractivity contribution >= 4 is 34.4 Å². The summed E-state index contributed by atoms with van der Waals surface area (Å²) in [6, 6.07) is 11.6. The van der Waals surface area contributed by atoms with E-state index in [2.05, 4.69) is 0 Å². The fourth-order valence-electron chi connectivity index (χ4n) is 3.07. The van der Waals surface area contributed by atoms with E-state index >= 15 is 0 Å². The van der Waals surface area contributed by atoms with E-state index in [0.717, 1.165) is 4.90 Å². The van der Waals surface area contributed by atoms with Crippen LogP contribution in [0.5, 0.6) is 5.75 Å². The van der Waals surface area contributed by atoms with Crippen molar-refractivity contribution in [2.45, 2.75) is 18.2 Å². The molecule has 0 spiro atoms. The first-order chi connectivity index (χ1) is 12.9. The van der Waals surface area contributed by atoms with Crippen molar-refractivity contribution in [1.29, 1.82) is 0 Å². The predicted octanol–water partition coefficient (Wildman–Crippen LogP) is 4.82. The molecule has 0 N–H and O–H groups in total. The summed E-state index contributed by atoms with van der Waals surface area (Å²) in [5.41, 5.74) is 0.878. The molecule has 0 aliphatic rings. The summed E-state index contributed by atoms with van der Waals surface area (Å²) in [5, 5.41) is 0.353. The third-order valence-electron chi connectivity index (χ3n) is 4.40. The van der Waals surface area contributed by atoms with Gasteiger partial charge in [0.05, 0.1) is 18.2 Å². The summed E-state index contributed by atoms with van der Waals surface area (Å²) < 4.78 is 32.7. The number of halogens is 2. The topological polar surface area (TPSA) is 48.3 Å². The molecular formula is C20H17F2NO3S. The van der Waals surface area contributed by atoms with E-state index in [1.54, 1.807) is 42.5 Å². The van der Waals surface area contributed by atoms with Crippen LogP contribution >= 0.6 is 11.8 Å². The van der Waals surface area contributed by atoms with Gasteiger partial charge in [0.15, 0.2) is 0 Å². The predicted molar refractivity (Wildman–Crippen MR) is 102 cm³/mol. The highest BCUT2D eigenvalue weighted by Gasteiger charge is 2.28. The Labute approximate surface area is 159 Å². The van der Waals surface area contributed by atoms with Gasteiger partial charge >= 0.3 is 6.43 Å². The first-order valence-corrected chi connectivity index (χ1v) is 9.31. The molecule has 0 unspecified atom stereocenters. The zero-order valence-corrected chi connectivity index (χ0v) is 15.8. The molecule has 0 aliphatic carbocycles. The van der Waals surface area contributed by atoms with Crippen LogP contribution in [0.2, 0.25) is 0 Å². The molecule has 0 radical (unpaired) electrons. The summed E-state index contributed by atoms with van der Waals surface area (Å²) in [6.45, 7) is 1.51. The minimum atomic E-state index is -3.14. The third-order valence-corrected chi connectivity index (χ3v) is 5.12. The van der Waals surface area contributed by atoms with E-state index in [0.29, 0.717) is 22.2 Å². The average Bonchev–Trinajstić information content (AvgIpc) is 2.97. The van der Waals surface area contributed by atoms with E-state index in [9.17, 15) is 18.4 Å². The Bertz CT molecular complexity index is 1030. The Kier molecular flexibility index (Phi) is 5.32. The van der Waals surface area contributed by atoms with Crippen LogP contribution in [0, 0.1) is 6.92 Å². The van der Waals surface area contributed by atoms with Gasteiger partial charge in [0.2, 0.25) is 5.78 Å². The van der Waals surface area contributed by atoms with E-state index < -0.39 is 18.1 Å². The van der Waals surface area contributed by atoms with Crippen molar-refractivity contribution < 1.29 is 23.1 Å². The highest BCUT2D eigenvalue weighted by molar-refractivity contribution is 7.98. The van der Waals surface area contributed by atoms with Gasteiger partial charge in [-0.2, -0.15) is 0 Å². The monoisotopic (exact) mass is 389 g/mol. The summed E-state index contributed by atoms with van der Waals surface area (Å²) in [5.74, 6) is -1.08. The molecule has 2 aromatic carbocycles. The van der Waals surface area contributed by atoms with Crippen molar-refractivity contribution in [2.75, 3.05) is 13.4 Å². The lowest BCUT2D eigenvalue weighted by atomic mass is 10.1. The molecule has 0 fully saturated rings. The molecule has 0 bridgehead atoms. The molecule has 0 saturated carbocycles. The average molecular weight is 389 g/mol. The Morgan fingerprint density at radius 2 is 1.78 bits per heavy atom. The number of aromatic nitrogens is 1. The molecule has 140 valence electrons. The van der Waals surface area contributed by atoms with Gasteiger partial charge in [0.1, 0.15) is 5.75 Å². The second-order valence-electron chi connectivity index (χ2n) is 5.88. The Morgan fingerprint density at radius 1 is 1.11 bits per heavy atom. The number of fused-ring (bicyclic) bond motifs is 1. The molecule has 0 saturated heterocycles. The number of hydrogen-bond donors (Lipinski definition) is 0. The zero-order chi connectivity index (χ0) is 19.7. The number of nitrogens with zero attached hydrogens (tertiary/aromatic N) is 1. The van der Waals surface area contributed by atoms with Crippen LogP contribution in [0.4, 0.5) is 8.78 Å². The molecule has 1 aromatic heterocycles. The van der Waals surface area contributed by atoms with Crippen LogP contribution < -0.4 is 4.74 Å². The maximum Gasteiger partial charge on any atom is 0.300 e. The molecule has 3 aromatic rings. The van der Waals surface area contributed by atoms with Crippen LogP contribution in [0.3, 0.4) is 0 Å². The maximum absolute atomic E-state index is 13.2. The van der Waals surface area contributed by atoms with E-state index in [1.807, 2.05) is 6.26 Å². The van der Waals surface area contributed by atoms with Crippen molar-refractivity contribution in [3.63, 3.8) is 0 Å². The molecule has 4 nitrogen and oxygen atoms in total. The van der Waals surface area contributed by atoms with Gasteiger partial charge in [-0.05, 0) is 55.6 Å². The number of thioether (sulfide) groups is 1. The molecule has 1 heterocycles. The minimum absolute atomic E-state index is 0.113. The number of Topliss-reactive ketones (excluding diaryl/α,β-unsaturated/α-hetero) is 1. The Hall–Kier alpha value is -2.67. The van der Waals surface area contributed by atoms with Gasteiger partial charge in [0.25, 0.3) is 5.91 Å². The molecule has 0 aliphatic heterocycles. The summed E-state index contributed by atoms with van der Waals surface area (Å²) in [6.07, 6.45) is -1.29. The van der Waals surface area contributed by atoms with Gasteiger partial charge in [-0.25, -0.2) is 8.78 Å². The summed E-state index contributed by atoms with van der Waals surface area (Å²) in [7, 11) is 1.52. The number of carbonyl (C=O) groups is 2. The van der Waals surface area contributed by atoms with Crippen molar-refractivity contribution in [3.8, 4) is 5.75 Å². The first kappa shape index (κ1) is 19.1. The second kappa shape index (κ2) is 7.52. The maximum atomic E-state index is 13.2. The molecule has 7 heteroatoms. The van der Waals surface area contributed by atoms with Crippen LogP contribution in [0.1, 0.15) is 26.4 Å². The SMILES string of the molecule is COc1ccc(C(=O)n2c(C)c(C(=O)C(F)F)c3cc(SC)ccc32)cc1. The largest absolute Gasteiger partial charge is 0.497 e. The Balaban J connectivity index is 2.24. The molecular weight excluding hydrogens is 372 g/mol. The number of benzene rings is 2. The lowest BCUT2D eigenvalue weighted by molar-refractivity contribution is 0.0679. The van der Waals surface area contributed by atoms with Gasteiger partial charge < -0.3 is 4.74 Å². The normalized spacial score (nSPS) is 11.2. The zero-order valence-electron chi connectivity index (χ0n) is 15.0. The van der Waals surface area contributed by atoms with E-state index in [1.165, 1.54) is 30.4 Å². The van der Waals surface area contributed by atoms with Gasteiger partial charge in [-0.1, -0.05) is 0 Å². The minimum Gasteiger partial charge on any atom is -0.497 e. The van der Waals surface area contributed by atoms with Gasteiger partial charge in [-0.3, -0.25) is 14.2 Å². The summed E-state index contributed by atoms with van der Waals surface area (Å²) >= 11 is 1.43. The molecule has 3 rings (SSSR count). The number of carbonyl (C=O) groups excluding carboxylic acids is 2. The smallest absolute Gasteiger partial charge is 0.300 e. The fraction of sp³-hybridized carbons (Fsp3) is 0.200. The van der Waals surface area contributed by atoms with E-state index in [4.69, 9.17) is 4.74 Å². The summed E-state index contributed by atoms with van der Waals surface area (Å²) in [4.78, 5) is 26.0. The van der Waals surface area contributed by atoms with Crippen molar-refractivity contribution in [2.24, 2.45) is 0 Å². The van der Waals surface area contributed by atoms with Crippen LogP contribution in [-0.4, -0.2) is 36.0 Å². The Morgan fingerprint density at radius 3 is 2.33 bits per heavy atom. The van der Waals surface area contributed by atoms with E-state index in [-0.39, 0.29) is 11.3 Å². The highest BCUT2D eigenvalue weighted by Crippen LogP contribution is 2.32. The number of alkyl halides is 2. The fourth-order valence-corrected chi connectivity index (χ4v) is 3.51. The molecule has 0 amide bonds. The first-order valence-electron chi connectivity index (χ1n) is 8.09. The highest BCUT2D eigenvalue weighted by atomic mass is 32.2. The second-order valence-corrected chi connectivity index (χ2v) is 6.76. The standard InChI is InChI=1S/C20H17F2NO3S/c1-11-17(18(24)19(21)22)15-10-14(27-3)8-9-16(15)23(11)20(25)12-4-6-13(26-2)7-5-12/h4-10,19H,1-3H3. The van der Waals surface area contributed by atoms with Crippen LogP contribution in [0.25, 0.3) is 10.9 Å². The number of ketones is 1. The van der Waals surface area contributed by atoms with Gasteiger partial charge in [0, 0.05) is 21.5 Å². The number of methoxy groups -OCH3 is 1. The lowest BCUT2D eigenvalue weighted by Gasteiger charge is -2.08. The third kappa shape index (κ3) is 3.35. The quantitative estimate of drug-likeness (QED) is 0.464. The number of hydrogen-bond acceptors (Lipinski definition) is 4. The van der Waals surface area contributed by atoms with Crippen molar-refractivity contribution in [1.82, 2.24) is 4.57 Å². The lowest BCUT2D eigenvalue weighted by Crippen LogP contribution is -2.16. The van der Waals surface area contributed by atoms with Gasteiger partial charge in [-0.15, -0.1) is 11.8 Å². The molecule has 0 atom stereocenters. The van der Waals surface area contributed by atoms with Crippen LogP contribution in [0.15, 0.2) is 47.4 Å². The van der Waals surface area contributed by atoms with Crippen molar-refractivity contribution in [3.05, 3.63) is 59.3 Å².